The van der Waals surface area contributed by atoms with Gasteiger partial charge in [0.25, 0.3) is 0 Å². The van der Waals surface area contributed by atoms with E-state index in [4.69, 9.17) is 0 Å². The van der Waals surface area contributed by atoms with Gasteiger partial charge in [0.15, 0.2) is 5.65 Å². The normalized spacial score (nSPS) is 11.4. The van der Waals surface area contributed by atoms with Crippen molar-refractivity contribution in [1.82, 2.24) is 19.6 Å². The Labute approximate surface area is 149 Å². The summed E-state index contributed by atoms with van der Waals surface area (Å²) in [5.41, 5.74) is 3.75. The first-order valence-corrected chi connectivity index (χ1v) is 8.83. The minimum absolute atomic E-state index is 0.706. The molecule has 25 heavy (non-hydrogen) atoms. The van der Waals surface area contributed by atoms with Crippen molar-refractivity contribution in [1.29, 1.82) is 0 Å². The molecule has 0 fully saturated rings. The van der Waals surface area contributed by atoms with Gasteiger partial charge in [-0.15, -0.1) is 0 Å². The molecule has 0 saturated carbocycles. The summed E-state index contributed by atoms with van der Waals surface area (Å²) in [5.74, 6) is 0.840. The first kappa shape index (κ1) is 15.5. The summed E-state index contributed by atoms with van der Waals surface area (Å²) in [6.07, 6.45) is 5.03. The van der Waals surface area contributed by atoms with E-state index in [1.807, 2.05) is 48.5 Å². The first-order chi connectivity index (χ1) is 12.4. The molecule has 0 unspecified atom stereocenters. The lowest BCUT2D eigenvalue weighted by atomic mass is 10.2. The van der Waals surface area contributed by atoms with Crippen LogP contribution < -0.4 is 0 Å². The Morgan fingerprint density at radius 2 is 1.68 bits per heavy atom. The minimum Gasteiger partial charge on any atom is -0.230 e. The summed E-state index contributed by atoms with van der Waals surface area (Å²) in [6.45, 7) is 0. The fraction of sp³-hybridized carbons (Fsp3) is 0.0526. The van der Waals surface area contributed by atoms with Gasteiger partial charge in [-0.25, -0.2) is 19.6 Å². The highest BCUT2D eigenvalue weighted by Gasteiger charge is 2.10. The minimum atomic E-state index is 0.706. The number of rotatable bonds is 5. The van der Waals surface area contributed by atoms with Crippen LogP contribution in [-0.4, -0.2) is 25.8 Å². The van der Waals surface area contributed by atoms with Crippen molar-refractivity contribution in [2.45, 2.75) is 10.8 Å². The van der Waals surface area contributed by atoms with Gasteiger partial charge in [-0.05, 0) is 11.1 Å². The Morgan fingerprint density at radius 1 is 0.920 bits per heavy atom. The van der Waals surface area contributed by atoms with Gasteiger partial charge in [-0.1, -0.05) is 72.4 Å². The molecule has 0 saturated heterocycles. The topological polar surface area (TPSA) is 56.0 Å². The number of hydrogen-bond donors (Lipinski definition) is 0. The Balaban J connectivity index is 1.58. The number of hydrogen-bond acceptors (Lipinski definition) is 5. The van der Waals surface area contributed by atoms with Gasteiger partial charge in [0.05, 0.1) is 6.21 Å². The fourth-order valence-corrected chi connectivity index (χ4v) is 3.28. The zero-order valence-corrected chi connectivity index (χ0v) is 14.2. The van der Waals surface area contributed by atoms with Crippen molar-refractivity contribution in [2.75, 3.05) is 0 Å². The molecular formula is C19H15N5S. The molecule has 0 N–H and O–H groups in total. The summed E-state index contributed by atoms with van der Waals surface area (Å²) >= 11 is 1.65. The Kier molecular flexibility index (Phi) is 4.52. The number of benzene rings is 2. The van der Waals surface area contributed by atoms with Gasteiger partial charge in [0.1, 0.15) is 23.2 Å². The van der Waals surface area contributed by atoms with Crippen molar-refractivity contribution >= 4 is 29.1 Å². The summed E-state index contributed by atoms with van der Waals surface area (Å²) in [6, 6.07) is 20.2. The number of nitrogens with zero attached hydrogens (tertiary/aromatic N) is 5. The maximum Gasteiger partial charge on any atom is 0.185 e. The average Bonchev–Trinajstić information content (AvgIpc) is 3.10. The summed E-state index contributed by atoms with van der Waals surface area (Å²) in [5, 5.41) is 5.32. The van der Waals surface area contributed by atoms with Crippen molar-refractivity contribution in [3.05, 3.63) is 84.4 Å². The molecule has 0 atom stereocenters. The van der Waals surface area contributed by atoms with Gasteiger partial charge in [0.2, 0.25) is 0 Å². The van der Waals surface area contributed by atoms with E-state index in [0.717, 1.165) is 21.9 Å². The van der Waals surface area contributed by atoms with Crippen molar-refractivity contribution in [3.8, 4) is 0 Å². The second-order valence-electron chi connectivity index (χ2n) is 5.37. The van der Waals surface area contributed by atoms with E-state index < -0.39 is 0 Å². The van der Waals surface area contributed by atoms with Crippen LogP contribution in [0.25, 0.3) is 11.2 Å². The third-order valence-electron chi connectivity index (χ3n) is 3.63. The molecule has 4 rings (SSSR count). The van der Waals surface area contributed by atoms with Crippen LogP contribution in [0.1, 0.15) is 11.1 Å². The summed E-state index contributed by atoms with van der Waals surface area (Å²) in [4.78, 5) is 13.2. The Hall–Kier alpha value is -2.99. The van der Waals surface area contributed by atoms with E-state index in [2.05, 4.69) is 32.2 Å². The largest absolute Gasteiger partial charge is 0.230 e. The molecule has 6 heteroatoms. The predicted octanol–water partition coefficient (Wildman–Crippen LogP) is 4.00. The smallest absolute Gasteiger partial charge is 0.185 e. The maximum atomic E-state index is 4.45. The predicted molar refractivity (Wildman–Crippen MR) is 101 cm³/mol. The van der Waals surface area contributed by atoms with Crippen LogP contribution in [-0.2, 0) is 5.75 Å². The van der Waals surface area contributed by atoms with E-state index in [0.29, 0.717) is 5.65 Å². The lowest BCUT2D eigenvalue weighted by Gasteiger charge is -2.02. The maximum absolute atomic E-state index is 4.45. The van der Waals surface area contributed by atoms with E-state index in [1.54, 1.807) is 35.3 Å². The zero-order chi connectivity index (χ0) is 16.9. The summed E-state index contributed by atoms with van der Waals surface area (Å²) in [7, 11) is 0. The fourth-order valence-electron chi connectivity index (χ4n) is 2.39. The summed E-state index contributed by atoms with van der Waals surface area (Å²) < 4.78 is 1.68. The van der Waals surface area contributed by atoms with Gasteiger partial charge in [0, 0.05) is 5.75 Å². The van der Waals surface area contributed by atoms with Gasteiger partial charge < -0.3 is 0 Å². The average molecular weight is 345 g/mol. The van der Waals surface area contributed by atoms with Gasteiger partial charge in [-0.3, -0.25) is 0 Å². The highest BCUT2D eigenvalue weighted by molar-refractivity contribution is 7.98. The molecule has 0 bridgehead atoms. The van der Waals surface area contributed by atoms with Crippen molar-refractivity contribution in [2.24, 2.45) is 5.10 Å². The van der Waals surface area contributed by atoms with E-state index >= 15 is 0 Å². The SMILES string of the molecule is C(=N\n1cnc2c(SCc3ccccc3)ncnc21)/c1ccccc1. The van der Waals surface area contributed by atoms with Crippen LogP contribution in [0.5, 0.6) is 0 Å². The molecule has 2 heterocycles. The number of thioether (sulfide) groups is 1. The molecule has 4 aromatic rings. The Bertz CT molecular complexity index is 996. The molecule has 0 aliphatic heterocycles. The second kappa shape index (κ2) is 7.27. The lowest BCUT2D eigenvalue weighted by Crippen LogP contribution is -1.93. The number of fused-ring (bicyclic) bond motifs is 1. The molecule has 0 radical (unpaired) electrons. The van der Waals surface area contributed by atoms with Crippen LogP contribution >= 0.6 is 11.8 Å². The van der Waals surface area contributed by atoms with Crippen molar-refractivity contribution in [3.63, 3.8) is 0 Å². The standard InChI is InChI=1S/C19H15N5S/c1-3-7-15(8-4-1)11-23-24-14-22-17-18(24)20-13-21-19(17)25-12-16-9-5-2-6-10-16/h1-11,13-14H,12H2/b23-11+. The highest BCUT2D eigenvalue weighted by Crippen LogP contribution is 2.26. The van der Waals surface area contributed by atoms with Crippen LogP contribution in [0, 0.1) is 0 Å². The van der Waals surface area contributed by atoms with Crippen molar-refractivity contribution < 1.29 is 0 Å². The van der Waals surface area contributed by atoms with Crippen LogP contribution in [0.2, 0.25) is 0 Å². The van der Waals surface area contributed by atoms with Crippen LogP contribution in [0.15, 0.2) is 83.4 Å². The van der Waals surface area contributed by atoms with Crippen LogP contribution in [0.4, 0.5) is 0 Å². The van der Waals surface area contributed by atoms with Gasteiger partial charge in [-0.2, -0.15) is 5.10 Å². The zero-order valence-electron chi connectivity index (χ0n) is 13.4. The molecule has 0 amide bonds. The molecule has 2 aromatic heterocycles. The van der Waals surface area contributed by atoms with E-state index in [9.17, 15) is 0 Å². The molecule has 2 aromatic carbocycles. The molecule has 0 aliphatic rings. The van der Waals surface area contributed by atoms with E-state index in [-0.39, 0.29) is 0 Å². The first-order valence-electron chi connectivity index (χ1n) is 7.84. The molecule has 0 spiro atoms. The third-order valence-corrected chi connectivity index (χ3v) is 4.68. The number of aromatic nitrogens is 4. The van der Waals surface area contributed by atoms with Crippen LogP contribution in [0.3, 0.4) is 0 Å². The third kappa shape index (κ3) is 3.59. The highest BCUT2D eigenvalue weighted by atomic mass is 32.2. The van der Waals surface area contributed by atoms with Gasteiger partial charge >= 0.3 is 0 Å². The molecule has 5 nitrogen and oxygen atoms in total. The lowest BCUT2D eigenvalue weighted by molar-refractivity contribution is 0.895. The monoisotopic (exact) mass is 345 g/mol. The molecule has 122 valence electrons. The Morgan fingerprint density at radius 3 is 2.48 bits per heavy atom. The number of imidazole rings is 1. The quantitative estimate of drug-likeness (QED) is 0.312. The molecular weight excluding hydrogens is 330 g/mol. The molecule has 0 aliphatic carbocycles. The van der Waals surface area contributed by atoms with E-state index in [1.165, 1.54) is 5.56 Å². The second-order valence-corrected chi connectivity index (χ2v) is 6.33.